The van der Waals surface area contributed by atoms with Crippen LogP contribution in [0.2, 0.25) is 0 Å². The number of carbonyl (C=O) groups is 1. The first-order valence-corrected chi connectivity index (χ1v) is 9.89. The summed E-state index contributed by atoms with van der Waals surface area (Å²) >= 11 is 0. The van der Waals surface area contributed by atoms with Gasteiger partial charge in [0.2, 0.25) is 0 Å². The first-order chi connectivity index (χ1) is 13.4. The molecule has 0 aromatic carbocycles. The van der Waals surface area contributed by atoms with Crippen LogP contribution in [0.5, 0.6) is 0 Å². The highest BCUT2D eigenvalue weighted by Crippen LogP contribution is 2.31. The van der Waals surface area contributed by atoms with Gasteiger partial charge in [0.15, 0.2) is 0 Å². The third-order valence-electron chi connectivity index (χ3n) is 4.93. The molecule has 4 rings (SSSR count). The number of urea groups is 1. The van der Waals surface area contributed by atoms with Crippen molar-refractivity contribution in [2.75, 3.05) is 19.8 Å². The summed E-state index contributed by atoms with van der Waals surface area (Å²) in [5.74, 6) is 0.956. The minimum Gasteiger partial charge on any atom is -0.379 e. The van der Waals surface area contributed by atoms with Gasteiger partial charge in [0, 0.05) is 36.7 Å². The number of ether oxygens (including phenoxy) is 1. The summed E-state index contributed by atoms with van der Waals surface area (Å²) in [6, 6.07) is 2.13. The van der Waals surface area contributed by atoms with Crippen LogP contribution in [0.15, 0.2) is 18.5 Å². The number of amides is 2. The molecule has 0 bridgehead atoms. The summed E-state index contributed by atoms with van der Waals surface area (Å²) in [6.45, 7) is 7.90. The number of fused-ring (bicyclic) bond motifs is 3. The normalized spacial score (nSPS) is 17.9. The molecule has 4 heterocycles. The summed E-state index contributed by atoms with van der Waals surface area (Å²) in [5, 5.41) is 6.93. The fourth-order valence-electron chi connectivity index (χ4n) is 3.81. The molecule has 150 valence electrons. The Morgan fingerprint density at radius 1 is 1.43 bits per heavy atom. The molecule has 2 amide bonds. The van der Waals surface area contributed by atoms with Crippen LogP contribution in [0.4, 0.5) is 4.79 Å². The fourth-order valence-corrected chi connectivity index (χ4v) is 3.81. The topological polar surface area (TPSA) is 96.9 Å². The summed E-state index contributed by atoms with van der Waals surface area (Å²) in [6.07, 6.45) is 6.47. The average molecular weight is 384 g/mol. The largest absolute Gasteiger partial charge is 0.379 e. The maximum Gasteiger partial charge on any atom is 0.315 e. The number of aromatic amines is 1. The van der Waals surface area contributed by atoms with Crippen LogP contribution in [0.3, 0.4) is 0 Å². The molecule has 8 heteroatoms. The van der Waals surface area contributed by atoms with E-state index < -0.39 is 0 Å². The fraction of sp³-hybridized carbons (Fsp3) is 0.550. The predicted octanol–water partition coefficient (Wildman–Crippen LogP) is 2.90. The second kappa shape index (κ2) is 7.43. The first-order valence-electron chi connectivity index (χ1n) is 9.89. The standard InChI is InChI=1S/C20H28N6O2/c1-20(2,3)25-19(27)22-9-7-16-24-15-11-23-18-14(6-8-21-18)17(15)26(16)13-5-4-10-28-12-13/h6,8,11,13H,4-5,7,9-10,12H2,1-3H3,(H,21,23)(H2,22,25,27)/t13-/m0/s1. The van der Waals surface area contributed by atoms with Gasteiger partial charge in [0.25, 0.3) is 0 Å². The van der Waals surface area contributed by atoms with E-state index in [0.29, 0.717) is 19.6 Å². The Kier molecular flexibility index (Phi) is 4.97. The Hall–Kier alpha value is -2.61. The SMILES string of the molecule is CC(C)(C)NC(=O)NCCc1nc2cnc3[nH]ccc3c2n1[C@H]1CCCOC1. The summed E-state index contributed by atoms with van der Waals surface area (Å²) < 4.78 is 8.05. The molecular formula is C20H28N6O2. The Balaban J connectivity index is 1.62. The Labute approximate surface area is 164 Å². The molecule has 0 aliphatic carbocycles. The Morgan fingerprint density at radius 3 is 3.04 bits per heavy atom. The third-order valence-corrected chi connectivity index (χ3v) is 4.93. The van der Waals surface area contributed by atoms with Crippen LogP contribution in [0.25, 0.3) is 22.1 Å². The summed E-state index contributed by atoms with van der Waals surface area (Å²) in [4.78, 5) is 24.6. The van der Waals surface area contributed by atoms with Gasteiger partial charge in [-0.15, -0.1) is 0 Å². The monoisotopic (exact) mass is 384 g/mol. The van der Waals surface area contributed by atoms with Crippen molar-refractivity contribution in [2.45, 2.75) is 51.6 Å². The van der Waals surface area contributed by atoms with Gasteiger partial charge in [0.1, 0.15) is 17.0 Å². The van der Waals surface area contributed by atoms with E-state index in [4.69, 9.17) is 9.72 Å². The van der Waals surface area contributed by atoms with E-state index in [1.807, 2.05) is 39.2 Å². The smallest absolute Gasteiger partial charge is 0.315 e. The second-order valence-corrected chi connectivity index (χ2v) is 8.38. The number of rotatable bonds is 4. The molecule has 1 fully saturated rings. The Morgan fingerprint density at radius 2 is 2.29 bits per heavy atom. The average Bonchev–Trinajstić information content (AvgIpc) is 3.24. The van der Waals surface area contributed by atoms with E-state index in [1.165, 1.54) is 0 Å². The summed E-state index contributed by atoms with van der Waals surface area (Å²) in [7, 11) is 0. The van der Waals surface area contributed by atoms with Crippen LogP contribution in [0, 0.1) is 0 Å². The molecule has 1 atom stereocenters. The van der Waals surface area contributed by atoms with Crippen LogP contribution in [-0.2, 0) is 11.2 Å². The number of hydrogen-bond donors (Lipinski definition) is 3. The molecule has 3 aromatic rings. The van der Waals surface area contributed by atoms with Crippen LogP contribution in [0.1, 0.15) is 45.5 Å². The van der Waals surface area contributed by atoms with Gasteiger partial charge < -0.3 is 24.9 Å². The summed E-state index contributed by atoms with van der Waals surface area (Å²) in [5.41, 5.74) is 2.57. The van der Waals surface area contributed by atoms with Crippen molar-refractivity contribution in [3.8, 4) is 0 Å². The zero-order valence-corrected chi connectivity index (χ0v) is 16.7. The van der Waals surface area contributed by atoms with E-state index in [0.717, 1.165) is 47.3 Å². The highest BCUT2D eigenvalue weighted by molar-refractivity contribution is 6.01. The predicted molar refractivity (Wildman–Crippen MR) is 108 cm³/mol. The molecule has 28 heavy (non-hydrogen) atoms. The maximum atomic E-state index is 12.1. The maximum absolute atomic E-state index is 12.1. The van der Waals surface area contributed by atoms with Crippen molar-refractivity contribution >= 4 is 28.1 Å². The van der Waals surface area contributed by atoms with Gasteiger partial charge in [-0.05, 0) is 39.7 Å². The number of nitrogens with one attached hydrogen (secondary N) is 3. The lowest BCUT2D eigenvalue weighted by atomic mass is 10.1. The first kappa shape index (κ1) is 18.7. The zero-order chi connectivity index (χ0) is 19.7. The number of carbonyl (C=O) groups excluding carboxylic acids is 1. The third kappa shape index (κ3) is 3.82. The molecular weight excluding hydrogens is 356 g/mol. The molecule has 1 aliphatic heterocycles. The van der Waals surface area contributed by atoms with Crippen molar-refractivity contribution in [3.05, 3.63) is 24.3 Å². The highest BCUT2D eigenvalue weighted by Gasteiger charge is 2.24. The lowest BCUT2D eigenvalue weighted by Gasteiger charge is -2.26. The molecule has 8 nitrogen and oxygen atoms in total. The molecule has 0 radical (unpaired) electrons. The van der Waals surface area contributed by atoms with Crippen molar-refractivity contribution < 1.29 is 9.53 Å². The van der Waals surface area contributed by atoms with E-state index in [-0.39, 0.29) is 17.6 Å². The van der Waals surface area contributed by atoms with Gasteiger partial charge in [0.05, 0.1) is 24.4 Å². The van der Waals surface area contributed by atoms with Crippen LogP contribution >= 0.6 is 0 Å². The molecule has 0 spiro atoms. The number of aromatic nitrogens is 4. The minimum atomic E-state index is -0.262. The van der Waals surface area contributed by atoms with Gasteiger partial charge in [-0.2, -0.15) is 0 Å². The van der Waals surface area contributed by atoms with Gasteiger partial charge >= 0.3 is 6.03 Å². The Bertz CT molecular complexity index is 978. The number of H-pyrrole nitrogens is 1. The molecule has 3 N–H and O–H groups in total. The van der Waals surface area contributed by atoms with Crippen LogP contribution < -0.4 is 10.6 Å². The molecule has 3 aromatic heterocycles. The number of hydrogen-bond acceptors (Lipinski definition) is 4. The van der Waals surface area contributed by atoms with E-state index in [1.54, 1.807) is 0 Å². The number of nitrogens with zero attached hydrogens (tertiary/aromatic N) is 3. The molecule has 1 saturated heterocycles. The lowest BCUT2D eigenvalue weighted by molar-refractivity contribution is 0.0596. The number of pyridine rings is 1. The molecule has 0 saturated carbocycles. The lowest BCUT2D eigenvalue weighted by Crippen LogP contribution is -2.46. The zero-order valence-electron chi connectivity index (χ0n) is 16.7. The molecule has 1 aliphatic rings. The van der Waals surface area contributed by atoms with Crippen molar-refractivity contribution in [1.29, 1.82) is 0 Å². The van der Waals surface area contributed by atoms with E-state index >= 15 is 0 Å². The van der Waals surface area contributed by atoms with Crippen LogP contribution in [-0.4, -0.2) is 50.8 Å². The quantitative estimate of drug-likeness (QED) is 0.644. The van der Waals surface area contributed by atoms with Gasteiger partial charge in [-0.25, -0.2) is 14.8 Å². The second-order valence-electron chi connectivity index (χ2n) is 8.38. The van der Waals surface area contributed by atoms with E-state index in [2.05, 4.69) is 25.2 Å². The van der Waals surface area contributed by atoms with E-state index in [9.17, 15) is 4.79 Å². The highest BCUT2D eigenvalue weighted by atomic mass is 16.5. The number of imidazole rings is 1. The van der Waals surface area contributed by atoms with Crippen molar-refractivity contribution in [3.63, 3.8) is 0 Å². The molecule has 0 unspecified atom stereocenters. The van der Waals surface area contributed by atoms with Crippen molar-refractivity contribution in [1.82, 2.24) is 30.2 Å². The van der Waals surface area contributed by atoms with Gasteiger partial charge in [-0.3, -0.25) is 0 Å². The van der Waals surface area contributed by atoms with Crippen molar-refractivity contribution in [2.24, 2.45) is 0 Å². The minimum absolute atomic E-state index is 0.161. The van der Waals surface area contributed by atoms with Gasteiger partial charge in [-0.1, -0.05) is 0 Å².